The second-order valence-electron chi connectivity index (χ2n) is 27.6. The fraction of sp³-hybridized carbons (Fsp3) is 0.857. The summed E-state index contributed by atoms with van der Waals surface area (Å²) in [4.78, 5) is 117. The van der Waals surface area contributed by atoms with Gasteiger partial charge in [-0.15, -0.1) is 104 Å². The van der Waals surface area contributed by atoms with E-state index in [2.05, 4.69) is 63.4 Å². The summed E-state index contributed by atoms with van der Waals surface area (Å²) < 4.78 is 41.3. The second-order valence-corrected chi connectivity index (χ2v) is 27.6. The average molecular weight is 1730 g/mol. The molecular weight excluding hydrogens is 1590 g/mol. The van der Waals surface area contributed by atoms with Crippen molar-refractivity contribution < 1.29 is 71.5 Å². The van der Waals surface area contributed by atoms with Gasteiger partial charge in [0.1, 0.15) is 68.2 Å². The van der Waals surface area contributed by atoms with Gasteiger partial charge in [0.25, 0.3) is 0 Å². The Morgan fingerprint density at radius 1 is 0.367 bits per heavy atom. The first-order chi connectivity index (χ1) is 48.5. The van der Waals surface area contributed by atoms with E-state index in [-0.39, 0.29) is 137 Å². The van der Waals surface area contributed by atoms with E-state index >= 15 is 0 Å². The van der Waals surface area contributed by atoms with E-state index in [0.29, 0.717) is 104 Å². The van der Waals surface area contributed by atoms with Crippen LogP contribution in [0.3, 0.4) is 0 Å². The molecule has 0 spiro atoms. The van der Waals surface area contributed by atoms with Gasteiger partial charge < -0.3 is 102 Å². The quantitative estimate of drug-likeness (QED) is 0.0167. The number of esters is 3. The fourth-order valence-electron chi connectivity index (χ4n) is 10.3. The zero-order valence-corrected chi connectivity index (χ0v) is 73.1. The molecule has 0 saturated heterocycles. The van der Waals surface area contributed by atoms with Crippen LogP contribution in [0.5, 0.6) is 0 Å². The first kappa shape index (κ1) is 121. The maximum Gasteiger partial charge on any atom is 0.407 e. The molecular formula is C70H144Cl8N16O15. The third kappa shape index (κ3) is 63.1. The maximum absolute atomic E-state index is 14.6. The number of aryl methyl sites for hydroxylation is 1. The Hall–Kier alpha value is -3.90. The van der Waals surface area contributed by atoms with Crippen molar-refractivity contribution in [2.45, 2.75) is 195 Å². The van der Waals surface area contributed by atoms with Crippen LogP contribution in [0.2, 0.25) is 0 Å². The molecule has 1 rings (SSSR count). The Morgan fingerprint density at radius 2 is 0.633 bits per heavy atom. The molecule has 0 fully saturated rings. The summed E-state index contributed by atoms with van der Waals surface area (Å²) in [6.45, 7) is 11.3. The van der Waals surface area contributed by atoms with Crippen LogP contribution >= 0.6 is 99.3 Å². The van der Waals surface area contributed by atoms with E-state index in [1.54, 1.807) is 10.9 Å². The van der Waals surface area contributed by atoms with Crippen LogP contribution in [0.4, 0.5) is 19.2 Å². The number of hydrogen-bond donors (Lipinski definition) is 9. The van der Waals surface area contributed by atoms with Crippen LogP contribution in [0, 0.1) is 16.2 Å². The largest absolute Gasteiger partial charge is 0.464 e. The molecule has 13 N–H and O–H groups in total. The number of halogens is 8. The molecule has 0 atom stereocenters. The molecule has 0 unspecified atom stereocenters. The van der Waals surface area contributed by atoms with Crippen LogP contribution in [0.25, 0.3) is 0 Å². The number of unbranched alkanes of at least 4 members (excludes halogenated alkanes) is 13. The summed E-state index contributed by atoms with van der Waals surface area (Å²) >= 11 is 0. The predicted molar refractivity (Wildman–Crippen MR) is 447 cm³/mol. The molecule has 1 heterocycles. The van der Waals surface area contributed by atoms with E-state index in [1.165, 1.54) is 91.4 Å². The lowest BCUT2D eigenvalue weighted by molar-refractivity contribution is -0.179. The number of rotatable bonds is 64. The van der Waals surface area contributed by atoms with Gasteiger partial charge in [0.05, 0.1) is 6.20 Å². The van der Waals surface area contributed by atoms with Crippen molar-refractivity contribution in [3.8, 4) is 0 Å². The summed E-state index contributed by atoms with van der Waals surface area (Å²) in [7, 11) is 7.76. The molecule has 109 heavy (non-hydrogen) atoms. The number of hydrogen-bond acceptors (Lipinski definition) is 25. The number of aromatic nitrogens is 3. The summed E-state index contributed by atoms with van der Waals surface area (Å²) in [5.41, 5.74) is 17.1. The Morgan fingerprint density at radius 3 is 0.936 bits per heavy atom. The highest BCUT2D eigenvalue weighted by molar-refractivity contribution is 5.86. The van der Waals surface area contributed by atoms with Gasteiger partial charge in [0, 0.05) is 45.7 Å². The number of ether oxygens (including phenoxy) is 7. The van der Waals surface area contributed by atoms with Crippen molar-refractivity contribution in [3.63, 3.8) is 0 Å². The standard InChI is InChI=1S/C70H136N16O15.8ClH/c1-9-10-11-12-13-14-15-16-17-18-19-20-21-22-32-60(87)75-37-31-50-86-51-59(80-81-86)52-95-61(88)68(2,53-96-62(89)69(3,55-98-64(91)76-38-27-46-82(5)42-23-33-71)56-99-65(92)77-39-28-47-83(6)43-24-34-72)54-97-63(90)70(4,57-100-66(93)78-40-29-48-84(7)44-25-35-73)58-101-67(94)79-41-30-49-85(8)45-26-36-74;;;;;;;;/h51H,9-50,52-58,71-74H2,1-8H3,(H,75,87)(H,76,91)(H,77,92)(H,78,93)(H,79,94);8*1H. The number of nitrogens with two attached hydrogens (primary N) is 4. The molecule has 1 aromatic heterocycles. The topological polar surface area (TPSA) is 409 Å². The number of carbonyl (C=O) groups excluding carboxylic acids is 8. The van der Waals surface area contributed by atoms with E-state index in [1.807, 2.05) is 28.2 Å². The minimum atomic E-state index is -2.02. The molecule has 39 heteroatoms. The van der Waals surface area contributed by atoms with Crippen molar-refractivity contribution in [1.29, 1.82) is 0 Å². The fourth-order valence-corrected chi connectivity index (χ4v) is 10.3. The molecule has 0 radical (unpaired) electrons. The van der Waals surface area contributed by atoms with Gasteiger partial charge >= 0.3 is 42.3 Å². The minimum Gasteiger partial charge on any atom is -0.464 e. The van der Waals surface area contributed by atoms with Gasteiger partial charge in [-0.25, -0.2) is 19.2 Å². The smallest absolute Gasteiger partial charge is 0.407 e. The zero-order valence-electron chi connectivity index (χ0n) is 66.6. The van der Waals surface area contributed by atoms with E-state index in [9.17, 15) is 38.4 Å². The van der Waals surface area contributed by atoms with Gasteiger partial charge in [-0.2, -0.15) is 0 Å². The van der Waals surface area contributed by atoms with Crippen LogP contribution in [0.15, 0.2) is 6.20 Å². The van der Waals surface area contributed by atoms with Gasteiger partial charge in [-0.3, -0.25) is 23.9 Å². The van der Waals surface area contributed by atoms with Gasteiger partial charge in [-0.05, 0) is 192 Å². The van der Waals surface area contributed by atoms with Crippen LogP contribution in [-0.4, -0.2) is 262 Å². The normalized spacial score (nSPS) is 10.9. The second kappa shape index (κ2) is 76.7. The molecule has 0 aliphatic rings. The van der Waals surface area contributed by atoms with Crippen molar-refractivity contribution in [1.82, 2.24) is 61.2 Å². The van der Waals surface area contributed by atoms with Crippen LogP contribution in [-0.2, 0) is 65.5 Å². The number of nitrogens with one attached hydrogen (secondary N) is 5. The van der Waals surface area contributed by atoms with E-state index < -0.39 is 105 Å². The Labute approximate surface area is 701 Å². The molecule has 1 aromatic rings. The lowest BCUT2D eigenvalue weighted by Gasteiger charge is -2.32. The van der Waals surface area contributed by atoms with Crippen molar-refractivity contribution >= 4 is 147 Å². The Kier molecular flexibility index (Phi) is 85.0. The zero-order chi connectivity index (χ0) is 74.8. The lowest BCUT2D eigenvalue weighted by Crippen LogP contribution is -2.47. The molecule has 0 saturated carbocycles. The van der Waals surface area contributed by atoms with Crippen molar-refractivity contribution in [2.75, 3.05) is 179 Å². The molecule has 0 aromatic carbocycles. The number of alkyl carbamates (subject to hydrolysis) is 4. The monoisotopic (exact) mass is 1730 g/mol. The van der Waals surface area contributed by atoms with E-state index in [0.717, 1.165) is 71.1 Å². The lowest BCUT2D eigenvalue weighted by atomic mass is 9.90. The Bertz CT molecular complexity index is 2240. The van der Waals surface area contributed by atoms with Crippen molar-refractivity contribution in [2.24, 2.45) is 39.2 Å². The Balaban J connectivity index is -0.00000213. The highest BCUT2D eigenvalue weighted by Gasteiger charge is 2.46. The minimum absolute atomic E-state index is 0. The third-order valence-corrected chi connectivity index (χ3v) is 17.1. The molecule has 0 aliphatic carbocycles. The average Bonchev–Trinajstić information content (AvgIpc) is 1.09. The molecule has 0 bridgehead atoms. The SMILES string of the molecule is CCCCCCCCCCCCCCCCC(=O)NCCCn1cc(COC(=O)C(C)(COC(=O)C(C)(COC(=O)NCCCN(C)CCCN)COC(=O)NCCCN(C)CCCN)COC(=O)C(C)(COC(=O)NCCCN(C)CCCN)COC(=O)NCCCN(C)CCCN)nn1.Cl.Cl.Cl.Cl.Cl.Cl.Cl.Cl. The maximum atomic E-state index is 14.6. The highest BCUT2D eigenvalue weighted by Crippen LogP contribution is 2.28. The van der Waals surface area contributed by atoms with Gasteiger partial charge in [0.15, 0.2) is 0 Å². The number of amides is 5. The van der Waals surface area contributed by atoms with Crippen molar-refractivity contribution in [3.05, 3.63) is 11.9 Å². The third-order valence-electron chi connectivity index (χ3n) is 17.1. The number of nitrogens with zero attached hydrogens (tertiary/aromatic N) is 7. The van der Waals surface area contributed by atoms with Gasteiger partial charge in [0.2, 0.25) is 5.91 Å². The first-order valence-corrected chi connectivity index (χ1v) is 37.3. The predicted octanol–water partition coefficient (Wildman–Crippen LogP) is 8.77. The summed E-state index contributed by atoms with van der Waals surface area (Å²) in [6.07, 6.45) is 22.0. The summed E-state index contributed by atoms with van der Waals surface area (Å²) in [5.74, 6) is -3.19. The number of carbonyl (C=O) groups is 8. The van der Waals surface area contributed by atoms with Crippen LogP contribution < -0.4 is 49.5 Å². The van der Waals surface area contributed by atoms with E-state index in [4.69, 9.17) is 56.1 Å². The van der Waals surface area contributed by atoms with Gasteiger partial charge in [-0.1, -0.05) is 95.6 Å². The first-order valence-electron chi connectivity index (χ1n) is 37.3. The molecule has 650 valence electrons. The molecule has 31 nitrogen and oxygen atoms in total. The summed E-state index contributed by atoms with van der Waals surface area (Å²) in [6, 6.07) is 0. The molecule has 0 aliphatic heterocycles. The van der Waals surface area contributed by atoms with Crippen LogP contribution in [0.1, 0.15) is 187 Å². The summed E-state index contributed by atoms with van der Waals surface area (Å²) in [5, 5.41) is 22.0. The highest BCUT2D eigenvalue weighted by atomic mass is 35.5. The molecule has 5 amide bonds.